The number of benzene rings is 1. The molecule has 0 aliphatic carbocycles. The topological polar surface area (TPSA) is 52.7 Å². The number of carbonyl (C=O) groups is 2. The molecule has 2 fully saturated rings. The molecular weight excluding hydrogens is 374 g/mol. The van der Waals surface area contributed by atoms with Crippen LogP contribution >= 0.6 is 12.4 Å². The van der Waals surface area contributed by atoms with Gasteiger partial charge in [0.25, 0.3) is 0 Å². The molecule has 2 aliphatic heterocycles. The van der Waals surface area contributed by atoms with Crippen molar-refractivity contribution in [1.82, 2.24) is 10.2 Å². The first-order chi connectivity index (χ1) is 13.0. The average Bonchev–Trinajstić information content (AvgIpc) is 3.09. The molecule has 156 valence electrons. The van der Waals surface area contributed by atoms with E-state index in [4.69, 9.17) is 0 Å². The number of hydrogen-bond acceptors (Lipinski definition) is 3. The summed E-state index contributed by atoms with van der Waals surface area (Å²) in [5.74, 6) is 1.09. The van der Waals surface area contributed by atoms with Crippen molar-refractivity contribution in [3.63, 3.8) is 0 Å². The van der Waals surface area contributed by atoms with Gasteiger partial charge in [0, 0.05) is 31.7 Å². The molecule has 2 aliphatic rings. The molecule has 0 bridgehead atoms. The third kappa shape index (κ3) is 4.87. The minimum absolute atomic E-state index is 0. The molecule has 0 saturated carbocycles. The smallest absolute Gasteiger partial charge is 0.228 e. The van der Waals surface area contributed by atoms with Gasteiger partial charge < -0.3 is 15.1 Å². The first kappa shape index (κ1) is 22.7. The quantitative estimate of drug-likeness (QED) is 0.785. The Labute approximate surface area is 175 Å². The number of para-hydroxylation sites is 1. The normalized spacial score (nSPS) is 21.5. The SMILES string of the molecule is CCC(C)c1ccccc1N1CC(C(=O)N2CCC(CNC)CC2)CC1=O.Cl. The van der Waals surface area contributed by atoms with E-state index in [1.165, 1.54) is 5.56 Å². The van der Waals surface area contributed by atoms with Crippen molar-refractivity contribution in [3.8, 4) is 0 Å². The van der Waals surface area contributed by atoms with E-state index in [1.54, 1.807) is 0 Å². The van der Waals surface area contributed by atoms with Crippen LogP contribution in [0.1, 0.15) is 51.0 Å². The van der Waals surface area contributed by atoms with Crippen LogP contribution in [0, 0.1) is 11.8 Å². The molecule has 1 aromatic carbocycles. The van der Waals surface area contributed by atoms with Crippen molar-refractivity contribution in [2.75, 3.05) is 38.1 Å². The number of nitrogens with one attached hydrogen (secondary N) is 1. The molecule has 2 heterocycles. The monoisotopic (exact) mass is 407 g/mol. The fourth-order valence-corrected chi connectivity index (χ4v) is 4.38. The summed E-state index contributed by atoms with van der Waals surface area (Å²) in [6.07, 6.45) is 3.47. The summed E-state index contributed by atoms with van der Waals surface area (Å²) in [4.78, 5) is 29.5. The van der Waals surface area contributed by atoms with Gasteiger partial charge in [-0.1, -0.05) is 32.0 Å². The van der Waals surface area contributed by atoms with Crippen LogP contribution in [-0.2, 0) is 9.59 Å². The van der Waals surface area contributed by atoms with Crippen molar-refractivity contribution in [1.29, 1.82) is 0 Å². The maximum atomic E-state index is 13.0. The van der Waals surface area contributed by atoms with Gasteiger partial charge in [-0.15, -0.1) is 12.4 Å². The maximum Gasteiger partial charge on any atom is 0.228 e. The van der Waals surface area contributed by atoms with Crippen LogP contribution in [0.25, 0.3) is 0 Å². The molecule has 0 radical (unpaired) electrons. The van der Waals surface area contributed by atoms with Crippen molar-refractivity contribution < 1.29 is 9.59 Å². The summed E-state index contributed by atoms with van der Waals surface area (Å²) in [6, 6.07) is 8.15. The van der Waals surface area contributed by atoms with Crippen LogP contribution in [0.5, 0.6) is 0 Å². The lowest BCUT2D eigenvalue weighted by atomic mass is 9.95. The van der Waals surface area contributed by atoms with E-state index in [0.717, 1.165) is 44.6 Å². The third-order valence-corrected chi connectivity index (χ3v) is 6.26. The van der Waals surface area contributed by atoms with E-state index >= 15 is 0 Å². The highest BCUT2D eigenvalue weighted by Crippen LogP contribution is 2.34. The van der Waals surface area contributed by atoms with Gasteiger partial charge in [0.15, 0.2) is 0 Å². The zero-order valence-corrected chi connectivity index (χ0v) is 18.1. The molecule has 1 N–H and O–H groups in total. The summed E-state index contributed by atoms with van der Waals surface area (Å²) in [5.41, 5.74) is 2.19. The van der Waals surface area contributed by atoms with Gasteiger partial charge in [0.2, 0.25) is 11.8 Å². The first-order valence-electron chi connectivity index (χ1n) is 10.4. The highest BCUT2D eigenvalue weighted by molar-refractivity contribution is 6.00. The summed E-state index contributed by atoms with van der Waals surface area (Å²) in [6.45, 7) is 7.53. The fourth-order valence-electron chi connectivity index (χ4n) is 4.38. The van der Waals surface area contributed by atoms with E-state index in [-0.39, 0.29) is 30.1 Å². The molecule has 2 amide bonds. The lowest BCUT2D eigenvalue weighted by Gasteiger charge is -2.33. The number of halogens is 1. The van der Waals surface area contributed by atoms with Crippen LogP contribution in [0.2, 0.25) is 0 Å². The highest BCUT2D eigenvalue weighted by atomic mass is 35.5. The third-order valence-electron chi connectivity index (χ3n) is 6.26. The van der Waals surface area contributed by atoms with Crippen molar-refractivity contribution in [2.45, 2.75) is 45.4 Å². The molecule has 1 aromatic rings. The molecule has 0 aromatic heterocycles. The molecule has 2 saturated heterocycles. The average molecular weight is 408 g/mol. The Bertz CT molecular complexity index is 674. The largest absolute Gasteiger partial charge is 0.342 e. The number of rotatable bonds is 6. The molecular formula is C22H34ClN3O2. The fraction of sp³-hybridized carbons (Fsp3) is 0.636. The Morgan fingerprint density at radius 1 is 1.25 bits per heavy atom. The maximum absolute atomic E-state index is 13.0. The number of hydrogen-bond donors (Lipinski definition) is 1. The Morgan fingerprint density at radius 3 is 2.57 bits per heavy atom. The molecule has 0 spiro atoms. The number of amides is 2. The van der Waals surface area contributed by atoms with E-state index in [9.17, 15) is 9.59 Å². The molecule has 2 atom stereocenters. The Morgan fingerprint density at radius 2 is 1.93 bits per heavy atom. The van der Waals surface area contributed by atoms with Gasteiger partial charge in [-0.05, 0) is 56.3 Å². The van der Waals surface area contributed by atoms with E-state index in [0.29, 0.717) is 24.8 Å². The van der Waals surface area contributed by atoms with Crippen molar-refractivity contribution in [3.05, 3.63) is 29.8 Å². The number of piperidine rings is 1. The Balaban J connectivity index is 0.00000280. The first-order valence-corrected chi connectivity index (χ1v) is 10.4. The highest BCUT2D eigenvalue weighted by Gasteiger charge is 2.38. The standard InChI is InChI=1S/C22H33N3O2.ClH/c1-4-16(2)19-7-5-6-8-20(19)25-15-18(13-21(25)26)22(27)24-11-9-17(10-12-24)14-23-3;/h5-8,16-18,23H,4,9-15H2,1-3H3;1H. The number of carbonyl (C=O) groups excluding carboxylic acids is 2. The second-order valence-electron chi connectivity index (χ2n) is 8.10. The van der Waals surface area contributed by atoms with E-state index in [1.807, 2.05) is 35.0 Å². The zero-order chi connectivity index (χ0) is 19.4. The van der Waals surface area contributed by atoms with Gasteiger partial charge in [-0.3, -0.25) is 9.59 Å². The second kappa shape index (κ2) is 10.3. The van der Waals surface area contributed by atoms with Gasteiger partial charge in [0.1, 0.15) is 0 Å². The lowest BCUT2D eigenvalue weighted by molar-refractivity contribution is -0.137. The number of anilines is 1. The molecule has 28 heavy (non-hydrogen) atoms. The van der Waals surface area contributed by atoms with Crippen LogP contribution in [0.4, 0.5) is 5.69 Å². The summed E-state index contributed by atoms with van der Waals surface area (Å²) < 4.78 is 0. The van der Waals surface area contributed by atoms with Crippen LogP contribution in [0.15, 0.2) is 24.3 Å². The van der Waals surface area contributed by atoms with Crippen LogP contribution in [0.3, 0.4) is 0 Å². The minimum atomic E-state index is -0.205. The van der Waals surface area contributed by atoms with Crippen molar-refractivity contribution in [2.24, 2.45) is 11.8 Å². The van der Waals surface area contributed by atoms with Gasteiger partial charge in [0.05, 0.1) is 5.92 Å². The zero-order valence-electron chi connectivity index (χ0n) is 17.3. The van der Waals surface area contributed by atoms with Crippen LogP contribution < -0.4 is 10.2 Å². The number of likely N-dealkylation sites (tertiary alicyclic amines) is 1. The lowest BCUT2D eigenvalue weighted by Crippen LogP contribution is -2.43. The second-order valence-corrected chi connectivity index (χ2v) is 8.10. The summed E-state index contributed by atoms with van der Waals surface area (Å²) in [5, 5.41) is 3.23. The predicted molar refractivity (Wildman–Crippen MR) is 116 cm³/mol. The minimum Gasteiger partial charge on any atom is -0.342 e. The molecule has 5 nitrogen and oxygen atoms in total. The van der Waals surface area contributed by atoms with Gasteiger partial charge >= 0.3 is 0 Å². The number of nitrogens with zero attached hydrogens (tertiary/aromatic N) is 2. The van der Waals surface area contributed by atoms with Gasteiger partial charge in [-0.2, -0.15) is 0 Å². The Hall–Kier alpha value is -1.59. The molecule has 2 unspecified atom stereocenters. The molecule has 3 rings (SSSR count). The Kier molecular flexibility index (Phi) is 8.32. The van der Waals surface area contributed by atoms with Crippen LogP contribution in [-0.4, -0.2) is 49.9 Å². The van der Waals surface area contributed by atoms with E-state index in [2.05, 4.69) is 25.2 Å². The van der Waals surface area contributed by atoms with E-state index < -0.39 is 0 Å². The van der Waals surface area contributed by atoms with Gasteiger partial charge in [-0.25, -0.2) is 0 Å². The summed E-state index contributed by atoms with van der Waals surface area (Å²) >= 11 is 0. The van der Waals surface area contributed by atoms with Crippen molar-refractivity contribution >= 4 is 29.9 Å². The molecule has 6 heteroatoms. The summed E-state index contributed by atoms with van der Waals surface area (Å²) in [7, 11) is 1.98. The predicted octanol–water partition coefficient (Wildman–Crippen LogP) is 3.43.